The second-order valence-corrected chi connectivity index (χ2v) is 13.7. The minimum Gasteiger partial charge on any atom is 3.00 e. The second kappa shape index (κ2) is 20.1. The van der Waals surface area contributed by atoms with Gasteiger partial charge in [0.25, 0.3) is 0 Å². The molecule has 0 aliphatic carbocycles. The van der Waals surface area contributed by atoms with Gasteiger partial charge < -0.3 is 0 Å². The van der Waals surface area contributed by atoms with Crippen LogP contribution in [0.25, 0.3) is 0 Å². The maximum absolute atomic E-state index is 4.90. The standard InChI is InChI=1S/2C8H13N4S3Se.Au/c2*1-12(2)6(16)9-4-3-5-14-8-11-10-7(13)15-8;/h2*3-5H2,1-2H3,(H,10,13);/q;;+3/p-2. The number of rotatable bonds is 10. The Bertz CT molecular complexity index is 780. The van der Waals surface area contributed by atoms with E-state index in [4.69, 9.17) is 25.3 Å². The van der Waals surface area contributed by atoms with Crippen LogP contribution < -0.4 is 0 Å². The summed E-state index contributed by atoms with van der Waals surface area (Å²) in [5.74, 6) is 1.99. The summed E-state index contributed by atoms with van der Waals surface area (Å²) in [6.07, 6.45) is 2.05. The molecule has 186 valence electrons. The fourth-order valence-corrected chi connectivity index (χ4v) is 6.01. The Morgan fingerprint density at radius 3 is 1.42 bits per heavy atom. The van der Waals surface area contributed by atoms with Crippen molar-refractivity contribution >= 4 is 113 Å². The molecule has 0 N–H and O–H groups in total. The normalized spacial score (nSPS) is 11.4. The van der Waals surface area contributed by atoms with Crippen molar-refractivity contribution < 1.29 is 22.4 Å². The van der Waals surface area contributed by atoms with E-state index < -0.39 is 0 Å². The Balaban J connectivity index is 0.000000602. The summed E-state index contributed by atoms with van der Waals surface area (Å²) < 4.78 is 4.99. The maximum atomic E-state index is 4.90. The van der Waals surface area contributed by atoms with Gasteiger partial charge in [-0.3, -0.25) is 0 Å². The van der Waals surface area contributed by atoms with Gasteiger partial charge in [0.2, 0.25) is 0 Å². The minimum atomic E-state index is 0. The summed E-state index contributed by atoms with van der Waals surface area (Å²) in [6.45, 7) is 1.65. The zero-order valence-corrected chi connectivity index (χ0v) is 28.9. The molecule has 0 saturated carbocycles. The Kier molecular flexibility index (Phi) is 20.7. The third kappa shape index (κ3) is 17.1. The van der Waals surface area contributed by atoms with Crippen molar-refractivity contribution in [1.29, 1.82) is 0 Å². The Morgan fingerprint density at radius 2 is 1.15 bits per heavy atom. The van der Waals surface area contributed by atoms with Gasteiger partial charge in [0.15, 0.2) is 0 Å². The van der Waals surface area contributed by atoms with E-state index in [2.05, 4.69) is 62.4 Å². The molecular weight excluding hydrogens is 852 g/mol. The second-order valence-electron chi connectivity index (χ2n) is 6.19. The number of hydrogen-bond acceptors (Lipinski definition) is 12. The molecule has 0 unspecified atom stereocenters. The van der Waals surface area contributed by atoms with Gasteiger partial charge in [-0.1, -0.05) is 0 Å². The molecule has 2 heterocycles. The first-order chi connectivity index (χ1) is 15.2. The van der Waals surface area contributed by atoms with Gasteiger partial charge >= 0.3 is 258 Å². The summed E-state index contributed by atoms with van der Waals surface area (Å²) in [5.41, 5.74) is 0. The summed E-state index contributed by atoms with van der Waals surface area (Å²) >= 11 is 21.9. The van der Waals surface area contributed by atoms with Crippen LogP contribution in [-0.2, 0) is 47.6 Å². The van der Waals surface area contributed by atoms with E-state index in [-0.39, 0.29) is 22.4 Å². The van der Waals surface area contributed by atoms with E-state index >= 15 is 0 Å². The maximum Gasteiger partial charge on any atom is 3.00 e. The molecule has 8 nitrogen and oxygen atoms in total. The van der Waals surface area contributed by atoms with E-state index in [0.29, 0.717) is 8.68 Å². The molecule has 0 spiro atoms. The zero-order chi connectivity index (χ0) is 23.9. The van der Waals surface area contributed by atoms with Crippen molar-refractivity contribution in [2.45, 2.75) is 30.2 Å². The van der Waals surface area contributed by atoms with Gasteiger partial charge in [-0.15, -0.1) is 0 Å². The first kappa shape index (κ1) is 34.0. The van der Waals surface area contributed by atoms with Crippen LogP contribution in [0.15, 0.2) is 27.3 Å². The van der Waals surface area contributed by atoms with Crippen molar-refractivity contribution in [3.05, 3.63) is 0 Å². The number of nitrogens with zero attached hydrogens (tertiary/aromatic N) is 8. The predicted octanol–water partition coefficient (Wildman–Crippen LogP) is 2.02. The summed E-state index contributed by atoms with van der Waals surface area (Å²) in [4.78, 5) is 12.7. The molecule has 0 aliphatic rings. The largest absolute Gasteiger partial charge is 3.00 e. The molecule has 33 heavy (non-hydrogen) atoms. The quantitative estimate of drug-likeness (QED) is 0.0885. The van der Waals surface area contributed by atoms with Crippen molar-refractivity contribution in [2.75, 3.05) is 52.8 Å². The molecule has 17 heteroatoms. The van der Waals surface area contributed by atoms with E-state index in [9.17, 15) is 0 Å². The van der Waals surface area contributed by atoms with Crippen LogP contribution in [0.3, 0.4) is 0 Å². The van der Waals surface area contributed by atoms with Crippen LogP contribution in [0.5, 0.6) is 0 Å². The number of aromatic nitrogens is 4. The SMILES string of the molecule is CN(C)C([Se])=NCCCSc1nnc([S-])s1.CN(C)C([Se])=NCCCSc1nnc([S-])s1.[Au+3]. The number of thioether (sulfide) groups is 2. The summed E-state index contributed by atoms with van der Waals surface area (Å²) in [7, 11) is 7.87. The van der Waals surface area contributed by atoms with Crippen LogP contribution in [0.2, 0.25) is 0 Å². The topological polar surface area (TPSA) is 82.8 Å². The third-order valence-corrected chi connectivity index (χ3v) is 9.70. The van der Waals surface area contributed by atoms with Crippen molar-refractivity contribution in [2.24, 2.45) is 9.98 Å². The van der Waals surface area contributed by atoms with Crippen molar-refractivity contribution in [3.63, 3.8) is 0 Å². The van der Waals surface area contributed by atoms with E-state index in [1.54, 1.807) is 23.5 Å². The molecule has 0 atom stereocenters. The van der Waals surface area contributed by atoms with Crippen LogP contribution in [-0.4, -0.2) is 124 Å². The van der Waals surface area contributed by atoms with Gasteiger partial charge in [-0.05, 0) is 0 Å². The average molecular weight is 876 g/mol. The smallest absolute Gasteiger partial charge is 3.00 e. The molecule has 2 aromatic rings. The van der Waals surface area contributed by atoms with Gasteiger partial charge in [-0.2, -0.15) is 0 Å². The van der Waals surface area contributed by atoms with Crippen molar-refractivity contribution in [3.8, 4) is 0 Å². The molecule has 0 fully saturated rings. The van der Waals surface area contributed by atoms with E-state index in [1.807, 2.05) is 38.0 Å². The first-order valence-corrected chi connectivity index (χ1v) is 15.4. The van der Waals surface area contributed by atoms with Gasteiger partial charge in [-0.25, -0.2) is 0 Å². The van der Waals surface area contributed by atoms with Crippen LogP contribution in [0, 0.1) is 0 Å². The monoisotopic (exact) mass is 877 g/mol. The molecule has 0 aliphatic heterocycles. The molecular formula is C16H24AuN8S6Se2+. The van der Waals surface area contributed by atoms with Crippen LogP contribution in [0.4, 0.5) is 0 Å². The zero-order valence-electron chi connectivity index (χ0n) is 18.4. The minimum absolute atomic E-state index is 0. The number of hydrogen-bond donors (Lipinski definition) is 0. The van der Waals surface area contributed by atoms with Gasteiger partial charge in [0.1, 0.15) is 0 Å². The molecule has 2 aromatic heterocycles. The van der Waals surface area contributed by atoms with E-state index in [0.717, 1.165) is 55.6 Å². The number of amidine groups is 2. The fourth-order valence-electron chi connectivity index (χ4n) is 1.59. The summed E-state index contributed by atoms with van der Waals surface area (Å²) in [5, 5.41) is 15.5. The van der Waals surface area contributed by atoms with Crippen molar-refractivity contribution in [1.82, 2.24) is 30.2 Å². The fraction of sp³-hybridized carbons (Fsp3) is 0.625. The molecule has 2 rings (SSSR count). The van der Waals surface area contributed by atoms with Crippen LogP contribution in [0.1, 0.15) is 12.8 Å². The molecule has 2 radical (unpaired) electrons. The third-order valence-electron chi connectivity index (χ3n) is 3.09. The molecule has 0 bridgehead atoms. The van der Waals surface area contributed by atoms with Crippen LogP contribution >= 0.6 is 46.2 Å². The Labute approximate surface area is 255 Å². The molecule has 0 aromatic carbocycles. The summed E-state index contributed by atoms with van der Waals surface area (Å²) in [6, 6.07) is 0. The Hall–Kier alpha value is 0.979. The average Bonchev–Trinajstić information content (AvgIpc) is 3.35. The Morgan fingerprint density at radius 1 is 0.788 bits per heavy atom. The predicted molar refractivity (Wildman–Crippen MR) is 145 cm³/mol. The van der Waals surface area contributed by atoms with Gasteiger partial charge in [0, 0.05) is 0 Å². The van der Waals surface area contributed by atoms with E-state index in [1.165, 1.54) is 22.7 Å². The first-order valence-electron chi connectivity index (χ1n) is 9.23. The number of aliphatic imine (C=N–C) groups is 2. The van der Waals surface area contributed by atoms with Gasteiger partial charge in [0.05, 0.1) is 0 Å². The molecule has 0 saturated heterocycles. The molecule has 0 amide bonds.